The molecule has 0 unspecified atom stereocenters. The average Bonchev–Trinajstić information content (AvgIpc) is 2.09. The molecule has 0 saturated heterocycles. The molecule has 1 heterocycles. The zero-order chi connectivity index (χ0) is 10.7. The Hall–Kier alpha value is 0.0600. The first-order chi connectivity index (χ1) is 6.50. The quantitative estimate of drug-likeness (QED) is 0.747. The number of nitrogens with zero attached hydrogens (tertiary/aromatic N) is 1. The Morgan fingerprint density at radius 1 is 1.43 bits per heavy atom. The zero-order valence-electron chi connectivity index (χ0n) is 7.18. The minimum atomic E-state index is -0.0438. The first kappa shape index (κ1) is 12.1. The highest BCUT2D eigenvalue weighted by molar-refractivity contribution is 9.13. The van der Waals surface area contributed by atoms with Crippen molar-refractivity contribution < 1.29 is 9.53 Å². The fourth-order valence-corrected chi connectivity index (χ4v) is 2.03. The molecule has 1 aromatic rings. The molecule has 0 aliphatic carbocycles. The second-order valence-electron chi connectivity index (χ2n) is 2.54. The Morgan fingerprint density at radius 3 is 2.64 bits per heavy atom. The summed E-state index contributed by atoms with van der Waals surface area (Å²) in [5, 5.41) is 0. The summed E-state index contributed by atoms with van der Waals surface area (Å²) >= 11 is 9.82. The van der Waals surface area contributed by atoms with E-state index in [1.54, 1.807) is 6.07 Å². The van der Waals surface area contributed by atoms with Crippen LogP contribution >= 0.6 is 47.8 Å². The lowest BCUT2D eigenvalue weighted by atomic mass is 10.5. The lowest BCUT2D eigenvalue weighted by molar-refractivity contribution is -0.119. The van der Waals surface area contributed by atoms with E-state index in [0.29, 0.717) is 15.0 Å². The smallest absolute Gasteiger partial charge is 0.229 e. The van der Waals surface area contributed by atoms with Crippen LogP contribution in [0, 0.1) is 0 Å². The summed E-state index contributed by atoms with van der Waals surface area (Å²) < 4.78 is 7.34. The van der Waals surface area contributed by atoms with Crippen molar-refractivity contribution >= 4 is 53.6 Å². The molecule has 0 aromatic carbocycles. The maximum Gasteiger partial charge on any atom is 0.229 e. The number of halogens is 3. The van der Waals surface area contributed by atoms with E-state index in [9.17, 15) is 4.79 Å². The highest BCUT2D eigenvalue weighted by atomic mass is 79.9. The van der Waals surface area contributed by atoms with Crippen molar-refractivity contribution in [2.24, 2.45) is 0 Å². The predicted molar refractivity (Wildman–Crippen MR) is 63.5 cm³/mol. The molecule has 1 rings (SSSR count). The Balaban J connectivity index is 2.87. The van der Waals surface area contributed by atoms with Gasteiger partial charge in [-0.2, -0.15) is 0 Å². The van der Waals surface area contributed by atoms with Gasteiger partial charge in [-0.3, -0.25) is 4.79 Å². The normalized spacial score (nSPS) is 10.0. The summed E-state index contributed by atoms with van der Waals surface area (Å²) in [5.41, 5.74) is 0. The second kappa shape index (κ2) is 5.23. The second-order valence-corrected chi connectivity index (χ2v) is 5.00. The fourth-order valence-electron chi connectivity index (χ4n) is 0.700. The number of ketones is 1. The number of rotatable bonds is 3. The molecule has 0 amide bonds. The molecule has 0 atom stereocenters. The number of pyridine rings is 1. The van der Waals surface area contributed by atoms with Gasteiger partial charge in [-0.15, -0.1) is 0 Å². The topological polar surface area (TPSA) is 39.2 Å². The Labute approximate surface area is 107 Å². The Bertz CT molecular complexity index is 368. The summed E-state index contributed by atoms with van der Waals surface area (Å²) in [6.45, 7) is 1.49. The van der Waals surface area contributed by atoms with Gasteiger partial charge in [0, 0.05) is 0 Å². The molecular formula is C8H6Br3NO2. The third kappa shape index (κ3) is 3.33. The number of hydrogen-bond acceptors (Lipinski definition) is 3. The van der Waals surface area contributed by atoms with Gasteiger partial charge < -0.3 is 4.74 Å². The number of Topliss-reactive ketones (excluding diaryl/α,β-unsaturated/α-hetero) is 1. The van der Waals surface area contributed by atoms with Crippen LogP contribution in [0.15, 0.2) is 19.6 Å². The van der Waals surface area contributed by atoms with E-state index < -0.39 is 0 Å². The molecule has 0 radical (unpaired) electrons. The van der Waals surface area contributed by atoms with Crippen LogP contribution in [0.4, 0.5) is 0 Å². The van der Waals surface area contributed by atoms with Crippen molar-refractivity contribution in [3.8, 4) is 5.88 Å². The Morgan fingerprint density at radius 2 is 2.07 bits per heavy atom. The number of carbonyl (C=O) groups excluding carboxylic acids is 1. The van der Waals surface area contributed by atoms with Gasteiger partial charge in [0.25, 0.3) is 0 Å². The molecule has 14 heavy (non-hydrogen) atoms. The van der Waals surface area contributed by atoms with E-state index in [0.717, 1.165) is 4.47 Å². The van der Waals surface area contributed by atoms with Gasteiger partial charge in [0.15, 0.2) is 5.78 Å². The number of aromatic nitrogens is 1. The molecule has 0 bridgehead atoms. The third-order valence-corrected chi connectivity index (χ3v) is 3.58. The molecule has 0 N–H and O–H groups in total. The first-order valence-corrected chi connectivity index (χ1v) is 6.02. The maximum absolute atomic E-state index is 10.7. The van der Waals surface area contributed by atoms with Crippen LogP contribution in [0.3, 0.4) is 0 Å². The lowest BCUT2D eigenvalue weighted by Gasteiger charge is -2.06. The number of ether oxygens (including phenoxy) is 1. The minimum Gasteiger partial charge on any atom is -0.469 e. The molecule has 0 aliphatic rings. The molecule has 3 nitrogen and oxygen atoms in total. The van der Waals surface area contributed by atoms with E-state index in [-0.39, 0.29) is 12.4 Å². The monoisotopic (exact) mass is 385 g/mol. The zero-order valence-corrected chi connectivity index (χ0v) is 11.9. The van der Waals surface area contributed by atoms with Crippen molar-refractivity contribution in [3.05, 3.63) is 19.6 Å². The van der Waals surface area contributed by atoms with E-state index in [2.05, 4.69) is 52.8 Å². The van der Waals surface area contributed by atoms with Gasteiger partial charge >= 0.3 is 0 Å². The first-order valence-electron chi connectivity index (χ1n) is 3.64. The van der Waals surface area contributed by atoms with E-state index in [4.69, 9.17) is 4.74 Å². The van der Waals surface area contributed by atoms with Gasteiger partial charge in [0.1, 0.15) is 11.2 Å². The van der Waals surface area contributed by atoms with Crippen molar-refractivity contribution in [1.29, 1.82) is 0 Å². The Kier molecular flexibility index (Phi) is 4.53. The summed E-state index contributed by atoms with van der Waals surface area (Å²) in [4.78, 5) is 14.8. The van der Waals surface area contributed by atoms with Crippen LogP contribution in [0.1, 0.15) is 6.92 Å². The molecular weight excluding hydrogens is 382 g/mol. The summed E-state index contributed by atoms with van der Waals surface area (Å²) in [6, 6.07) is 1.80. The highest BCUT2D eigenvalue weighted by Gasteiger charge is 2.08. The average molecular weight is 388 g/mol. The summed E-state index contributed by atoms with van der Waals surface area (Å²) in [6.07, 6.45) is 0. The molecule has 1 aromatic heterocycles. The van der Waals surface area contributed by atoms with Crippen LogP contribution in [-0.2, 0) is 4.79 Å². The van der Waals surface area contributed by atoms with Gasteiger partial charge in [-0.05, 0) is 60.8 Å². The molecule has 0 saturated carbocycles. The van der Waals surface area contributed by atoms with E-state index >= 15 is 0 Å². The van der Waals surface area contributed by atoms with Gasteiger partial charge in [0.2, 0.25) is 5.88 Å². The van der Waals surface area contributed by atoms with Crippen LogP contribution in [0.25, 0.3) is 0 Å². The number of hydrogen-bond donors (Lipinski definition) is 0. The van der Waals surface area contributed by atoms with Gasteiger partial charge in [-0.1, -0.05) is 0 Å². The maximum atomic E-state index is 10.7. The van der Waals surface area contributed by atoms with Gasteiger partial charge in [-0.25, -0.2) is 4.98 Å². The van der Waals surface area contributed by atoms with Crippen LogP contribution in [-0.4, -0.2) is 17.4 Å². The van der Waals surface area contributed by atoms with E-state index in [1.165, 1.54) is 6.92 Å². The van der Waals surface area contributed by atoms with Crippen LogP contribution < -0.4 is 4.74 Å². The SMILES string of the molecule is CC(=O)COc1nc(Br)c(Br)cc1Br. The van der Waals surface area contributed by atoms with Gasteiger partial charge in [0.05, 0.1) is 8.95 Å². The molecule has 0 spiro atoms. The highest BCUT2D eigenvalue weighted by Crippen LogP contribution is 2.31. The van der Waals surface area contributed by atoms with Crippen molar-refractivity contribution in [3.63, 3.8) is 0 Å². The minimum absolute atomic E-state index is 0.0275. The number of carbonyl (C=O) groups is 1. The summed E-state index contributed by atoms with van der Waals surface area (Å²) in [5.74, 6) is 0.355. The standard InChI is InChI=1S/C8H6Br3NO2/c1-4(13)3-14-8-6(10)2-5(9)7(11)12-8/h2H,3H2,1H3. The van der Waals surface area contributed by atoms with Crippen LogP contribution in [0.5, 0.6) is 5.88 Å². The molecule has 0 fully saturated rings. The summed E-state index contributed by atoms with van der Waals surface area (Å²) in [7, 11) is 0. The molecule has 6 heteroatoms. The molecule has 0 aliphatic heterocycles. The van der Waals surface area contributed by atoms with Crippen molar-refractivity contribution in [2.45, 2.75) is 6.92 Å². The fraction of sp³-hybridized carbons (Fsp3) is 0.250. The van der Waals surface area contributed by atoms with Crippen LogP contribution in [0.2, 0.25) is 0 Å². The third-order valence-electron chi connectivity index (χ3n) is 1.27. The lowest BCUT2D eigenvalue weighted by Crippen LogP contribution is -2.08. The largest absolute Gasteiger partial charge is 0.469 e. The predicted octanol–water partition coefficient (Wildman–Crippen LogP) is 3.34. The van der Waals surface area contributed by atoms with Crippen molar-refractivity contribution in [1.82, 2.24) is 4.98 Å². The molecule has 76 valence electrons. The van der Waals surface area contributed by atoms with E-state index in [1.807, 2.05) is 0 Å². The van der Waals surface area contributed by atoms with Crippen molar-refractivity contribution in [2.75, 3.05) is 6.61 Å².